The first kappa shape index (κ1) is 27.9. The van der Waals surface area contributed by atoms with Crippen molar-refractivity contribution in [3.05, 3.63) is 170 Å². The van der Waals surface area contributed by atoms with Crippen LogP contribution in [0.3, 0.4) is 0 Å². The molecule has 0 unspecified atom stereocenters. The van der Waals surface area contributed by atoms with Crippen LogP contribution >= 0.6 is 11.3 Å². The summed E-state index contributed by atoms with van der Waals surface area (Å²) in [6, 6.07) is 57.4. The van der Waals surface area contributed by atoms with E-state index in [1.165, 1.54) is 75.5 Å². The van der Waals surface area contributed by atoms with Crippen molar-refractivity contribution in [3.8, 4) is 44.5 Å². The van der Waals surface area contributed by atoms with Crippen molar-refractivity contribution in [2.75, 3.05) is 0 Å². The summed E-state index contributed by atoms with van der Waals surface area (Å²) in [6.45, 7) is 0. The first-order chi connectivity index (χ1) is 24.3. The van der Waals surface area contributed by atoms with Gasteiger partial charge in [-0.25, -0.2) is 0 Å². The van der Waals surface area contributed by atoms with Gasteiger partial charge in [-0.15, -0.1) is 11.3 Å². The van der Waals surface area contributed by atoms with E-state index < -0.39 is 0 Å². The van der Waals surface area contributed by atoms with Crippen LogP contribution in [-0.2, 0) is 0 Å². The fourth-order valence-electron chi connectivity index (χ4n) is 7.36. The van der Waals surface area contributed by atoms with E-state index >= 15 is 0 Å². The summed E-state index contributed by atoms with van der Waals surface area (Å²) in [6.07, 6.45) is 3.55. The molecule has 10 aromatic rings. The van der Waals surface area contributed by atoms with Gasteiger partial charge < -0.3 is 0 Å². The molecule has 0 spiro atoms. The monoisotopic (exact) mass is 640 g/mol. The molecule has 0 saturated heterocycles. The molecule has 0 radical (unpaired) electrons. The topological polar surface area (TPSA) is 25.8 Å². The van der Waals surface area contributed by atoms with Crippen molar-refractivity contribution in [2.24, 2.45) is 0 Å². The van der Waals surface area contributed by atoms with Gasteiger partial charge in [0.05, 0.1) is 11.0 Å². The molecule has 2 heterocycles. The number of aromatic nitrogens is 2. The molecule has 0 aliphatic carbocycles. The van der Waals surface area contributed by atoms with Crippen molar-refractivity contribution < 1.29 is 0 Å². The van der Waals surface area contributed by atoms with Crippen LogP contribution in [0.4, 0.5) is 0 Å². The Hall–Kier alpha value is -6.16. The van der Waals surface area contributed by atoms with Crippen molar-refractivity contribution in [2.45, 2.75) is 0 Å². The highest BCUT2D eigenvalue weighted by Crippen LogP contribution is 2.41. The first-order valence-electron chi connectivity index (χ1n) is 16.6. The summed E-state index contributed by atoms with van der Waals surface area (Å²) in [7, 11) is 0. The Morgan fingerprint density at radius 3 is 1.53 bits per heavy atom. The Balaban J connectivity index is 0.963. The summed E-state index contributed by atoms with van der Waals surface area (Å²) in [5.41, 5.74) is 11.6. The SMILES string of the molecule is c1cc(-c2ccc(-c3ccc4c(c3)c3ccccc3c3nccnc43)cc2)cc(-c2ccc(-c3cccc4c3sc3ccccc34)cc2)c1. The summed E-state index contributed by atoms with van der Waals surface area (Å²) >= 11 is 1.88. The lowest BCUT2D eigenvalue weighted by Crippen LogP contribution is -1.89. The Morgan fingerprint density at radius 2 is 0.837 bits per heavy atom. The van der Waals surface area contributed by atoms with E-state index in [0.717, 1.165) is 21.8 Å². The molecule has 8 aromatic carbocycles. The van der Waals surface area contributed by atoms with Gasteiger partial charge in [-0.1, -0.05) is 140 Å². The summed E-state index contributed by atoms with van der Waals surface area (Å²) < 4.78 is 2.68. The van der Waals surface area contributed by atoms with Crippen molar-refractivity contribution in [3.63, 3.8) is 0 Å². The van der Waals surface area contributed by atoms with Gasteiger partial charge in [0, 0.05) is 43.3 Å². The minimum atomic E-state index is 0.946. The van der Waals surface area contributed by atoms with Gasteiger partial charge in [0.15, 0.2) is 0 Å². The molecule has 0 aliphatic rings. The third kappa shape index (κ3) is 4.62. The number of fused-ring (bicyclic) bond motifs is 9. The highest BCUT2D eigenvalue weighted by atomic mass is 32.1. The van der Waals surface area contributed by atoms with Crippen LogP contribution < -0.4 is 0 Å². The molecule has 0 bridgehead atoms. The molecule has 10 rings (SSSR count). The number of hydrogen-bond acceptors (Lipinski definition) is 3. The second-order valence-electron chi connectivity index (χ2n) is 12.6. The lowest BCUT2D eigenvalue weighted by Gasteiger charge is -2.11. The van der Waals surface area contributed by atoms with Gasteiger partial charge in [-0.05, 0) is 73.5 Å². The molecule has 0 saturated carbocycles. The zero-order chi connectivity index (χ0) is 32.3. The van der Waals surface area contributed by atoms with Crippen LogP contribution in [0.2, 0.25) is 0 Å². The third-order valence-corrected chi connectivity index (χ3v) is 11.0. The van der Waals surface area contributed by atoms with E-state index in [-0.39, 0.29) is 0 Å². The highest BCUT2D eigenvalue weighted by molar-refractivity contribution is 7.26. The van der Waals surface area contributed by atoms with E-state index in [0.29, 0.717) is 0 Å². The summed E-state index contributed by atoms with van der Waals surface area (Å²) in [5, 5.41) is 7.33. The molecule has 0 fully saturated rings. The fourth-order valence-corrected chi connectivity index (χ4v) is 8.60. The molecule has 2 nitrogen and oxygen atoms in total. The van der Waals surface area contributed by atoms with Crippen LogP contribution in [-0.4, -0.2) is 9.97 Å². The standard InChI is InChI=1S/C46H28N2S/c1-2-11-39-37(9-1)42-28-35(23-24-40(42)45-44(39)47-25-26-48-45)31-17-15-29(16-18-31)33-7-5-8-34(27-33)30-19-21-32(22-20-30)36-12-6-13-41-38-10-3-4-14-43(38)49-46(36)41/h1-28H. The minimum Gasteiger partial charge on any atom is -0.252 e. The van der Waals surface area contributed by atoms with Crippen LogP contribution in [0.25, 0.3) is 97.3 Å². The van der Waals surface area contributed by atoms with Crippen molar-refractivity contribution in [1.29, 1.82) is 0 Å². The molecular formula is C46H28N2S. The van der Waals surface area contributed by atoms with Gasteiger partial charge >= 0.3 is 0 Å². The largest absolute Gasteiger partial charge is 0.252 e. The van der Waals surface area contributed by atoms with Crippen molar-refractivity contribution in [1.82, 2.24) is 9.97 Å². The summed E-state index contributed by atoms with van der Waals surface area (Å²) in [4.78, 5) is 9.39. The highest BCUT2D eigenvalue weighted by Gasteiger charge is 2.13. The predicted octanol–water partition coefficient (Wildman–Crippen LogP) is 13.0. The van der Waals surface area contributed by atoms with E-state index in [1.54, 1.807) is 12.4 Å². The number of nitrogens with zero attached hydrogens (tertiary/aromatic N) is 2. The lowest BCUT2D eigenvalue weighted by molar-refractivity contribution is 1.31. The molecule has 2 aromatic heterocycles. The zero-order valence-electron chi connectivity index (χ0n) is 26.5. The maximum atomic E-state index is 4.71. The van der Waals surface area contributed by atoms with Gasteiger partial charge in [0.1, 0.15) is 0 Å². The van der Waals surface area contributed by atoms with E-state index in [4.69, 9.17) is 4.98 Å². The number of benzene rings is 8. The maximum Gasteiger partial charge on any atom is 0.0971 e. The second kappa shape index (κ2) is 11.2. The fraction of sp³-hybridized carbons (Fsp3) is 0. The molecule has 0 amide bonds. The normalized spacial score (nSPS) is 11.7. The minimum absolute atomic E-state index is 0.946. The second-order valence-corrected chi connectivity index (χ2v) is 13.6. The number of rotatable bonds is 4. The zero-order valence-corrected chi connectivity index (χ0v) is 27.3. The van der Waals surface area contributed by atoms with Gasteiger partial charge in [-0.2, -0.15) is 0 Å². The van der Waals surface area contributed by atoms with Crippen LogP contribution in [0.1, 0.15) is 0 Å². The van der Waals surface area contributed by atoms with Crippen molar-refractivity contribution >= 4 is 64.1 Å². The first-order valence-corrected chi connectivity index (χ1v) is 17.4. The van der Waals surface area contributed by atoms with E-state index in [2.05, 4.69) is 163 Å². The Kier molecular flexibility index (Phi) is 6.39. The molecule has 0 N–H and O–H groups in total. The van der Waals surface area contributed by atoms with Gasteiger partial charge in [-0.3, -0.25) is 9.97 Å². The van der Waals surface area contributed by atoms with Crippen LogP contribution in [0.5, 0.6) is 0 Å². The summed E-state index contributed by atoms with van der Waals surface area (Å²) in [5.74, 6) is 0. The van der Waals surface area contributed by atoms with Crippen LogP contribution in [0, 0.1) is 0 Å². The average Bonchev–Trinajstić information content (AvgIpc) is 3.57. The third-order valence-electron chi connectivity index (χ3n) is 9.79. The molecular weight excluding hydrogens is 613 g/mol. The maximum absolute atomic E-state index is 4.71. The Bertz CT molecular complexity index is 2830. The van der Waals surface area contributed by atoms with Gasteiger partial charge in [0.25, 0.3) is 0 Å². The molecule has 228 valence electrons. The van der Waals surface area contributed by atoms with E-state index in [9.17, 15) is 0 Å². The Labute approximate surface area is 287 Å². The smallest absolute Gasteiger partial charge is 0.0971 e. The lowest BCUT2D eigenvalue weighted by atomic mass is 9.94. The molecule has 3 heteroatoms. The average molecular weight is 641 g/mol. The number of hydrogen-bond donors (Lipinski definition) is 0. The molecule has 0 aliphatic heterocycles. The molecule has 49 heavy (non-hydrogen) atoms. The predicted molar refractivity (Wildman–Crippen MR) is 209 cm³/mol. The van der Waals surface area contributed by atoms with E-state index in [1.807, 2.05) is 11.3 Å². The van der Waals surface area contributed by atoms with Gasteiger partial charge in [0.2, 0.25) is 0 Å². The van der Waals surface area contributed by atoms with Crippen LogP contribution in [0.15, 0.2) is 170 Å². The quantitative estimate of drug-likeness (QED) is 0.179. The molecule has 0 atom stereocenters. The number of thiophene rings is 1. The Morgan fingerprint density at radius 1 is 0.327 bits per heavy atom.